The molecule has 0 aliphatic heterocycles. The van der Waals surface area contributed by atoms with Crippen LogP contribution in [-0.2, 0) is 0 Å². The molecule has 2 aromatic carbocycles. The van der Waals surface area contributed by atoms with Crippen molar-refractivity contribution in [3.63, 3.8) is 0 Å². The van der Waals surface area contributed by atoms with E-state index in [1.165, 1.54) is 0 Å². The number of hydrogen-bond acceptors (Lipinski definition) is 4. The average molecular weight is 288 g/mol. The highest BCUT2D eigenvalue weighted by Crippen LogP contribution is 2.26. The van der Waals surface area contributed by atoms with Gasteiger partial charge in [-0.3, -0.25) is 0 Å². The molecule has 0 saturated heterocycles. The van der Waals surface area contributed by atoms with E-state index in [4.69, 9.17) is 14.2 Å². The summed E-state index contributed by atoms with van der Waals surface area (Å²) in [5.74, 6) is 2.06. The molecule has 0 bridgehead atoms. The van der Waals surface area contributed by atoms with Gasteiger partial charge < -0.3 is 19.3 Å². The van der Waals surface area contributed by atoms with E-state index in [-0.39, 0.29) is 6.61 Å². The Hall–Kier alpha value is -2.20. The van der Waals surface area contributed by atoms with Gasteiger partial charge in [0, 0.05) is 11.6 Å². The summed E-state index contributed by atoms with van der Waals surface area (Å²) in [7, 11) is 1.58. The van der Waals surface area contributed by atoms with Crippen LogP contribution in [0.5, 0.6) is 17.2 Å². The quantitative estimate of drug-likeness (QED) is 0.850. The van der Waals surface area contributed by atoms with Crippen molar-refractivity contribution < 1.29 is 19.3 Å². The van der Waals surface area contributed by atoms with E-state index in [0.717, 1.165) is 5.75 Å². The number of ether oxygens (including phenoxy) is 3. The molecule has 21 heavy (non-hydrogen) atoms. The minimum atomic E-state index is -0.753. The third-order valence-corrected chi connectivity index (χ3v) is 3.02. The number of para-hydroxylation sites is 1. The second-order valence-corrected chi connectivity index (χ2v) is 4.48. The van der Waals surface area contributed by atoms with E-state index < -0.39 is 6.10 Å². The van der Waals surface area contributed by atoms with Crippen molar-refractivity contribution >= 4 is 0 Å². The zero-order chi connectivity index (χ0) is 15.1. The topological polar surface area (TPSA) is 47.9 Å². The van der Waals surface area contributed by atoms with E-state index in [1.54, 1.807) is 13.2 Å². The summed E-state index contributed by atoms with van der Waals surface area (Å²) in [6, 6.07) is 14.7. The summed E-state index contributed by atoms with van der Waals surface area (Å²) in [4.78, 5) is 0. The maximum atomic E-state index is 10.2. The second-order valence-electron chi connectivity index (χ2n) is 4.48. The molecule has 0 aromatic heterocycles. The minimum absolute atomic E-state index is 0.149. The second kappa shape index (κ2) is 7.55. The van der Waals surface area contributed by atoms with E-state index >= 15 is 0 Å². The molecule has 0 aliphatic carbocycles. The molecule has 0 heterocycles. The van der Waals surface area contributed by atoms with Gasteiger partial charge in [0.05, 0.1) is 13.7 Å². The van der Waals surface area contributed by atoms with Crippen molar-refractivity contribution in [2.45, 2.75) is 13.0 Å². The summed E-state index contributed by atoms with van der Waals surface area (Å²) >= 11 is 0. The number of benzene rings is 2. The molecular formula is C17H20O4. The number of hydrogen-bond donors (Lipinski definition) is 1. The predicted octanol–water partition coefficient (Wildman–Crippen LogP) is 3.21. The van der Waals surface area contributed by atoms with Crippen molar-refractivity contribution in [2.24, 2.45) is 0 Å². The molecule has 2 aromatic rings. The first-order chi connectivity index (χ1) is 10.2. The molecule has 4 heteroatoms. The first-order valence-electron chi connectivity index (χ1n) is 6.91. The normalized spacial score (nSPS) is 11.8. The van der Waals surface area contributed by atoms with Crippen LogP contribution in [0.15, 0.2) is 48.5 Å². The van der Waals surface area contributed by atoms with Crippen LogP contribution >= 0.6 is 0 Å². The fourth-order valence-electron chi connectivity index (χ4n) is 2.03. The molecule has 0 radical (unpaired) electrons. The molecule has 1 unspecified atom stereocenters. The maximum Gasteiger partial charge on any atom is 0.124 e. The third kappa shape index (κ3) is 4.13. The Labute approximate surface area is 124 Å². The summed E-state index contributed by atoms with van der Waals surface area (Å²) in [5.41, 5.74) is 0.709. The van der Waals surface area contributed by atoms with E-state index in [0.29, 0.717) is 23.7 Å². The zero-order valence-electron chi connectivity index (χ0n) is 12.3. The summed E-state index contributed by atoms with van der Waals surface area (Å²) in [6.07, 6.45) is -0.753. The van der Waals surface area contributed by atoms with E-state index in [9.17, 15) is 5.11 Å². The Morgan fingerprint density at radius 3 is 2.43 bits per heavy atom. The van der Waals surface area contributed by atoms with E-state index in [1.807, 2.05) is 49.4 Å². The van der Waals surface area contributed by atoms with Gasteiger partial charge in [0.2, 0.25) is 0 Å². The van der Waals surface area contributed by atoms with Crippen molar-refractivity contribution in [3.05, 3.63) is 54.1 Å². The summed E-state index contributed by atoms with van der Waals surface area (Å²) in [6.45, 7) is 2.68. The molecule has 112 valence electrons. The highest BCUT2D eigenvalue weighted by Gasteiger charge is 2.13. The molecule has 0 spiro atoms. The lowest BCUT2D eigenvalue weighted by Crippen LogP contribution is -2.10. The lowest BCUT2D eigenvalue weighted by atomic mass is 10.1. The fourth-order valence-corrected chi connectivity index (χ4v) is 2.03. The predicted molar refractivity (Wildman–Crippen MR) is 81.1 cm³/mol. The Kier molecular flexibility index (Phi) is 5.46. The van der Waals surface area contributed by atoms with Gasteiger partial charge in [0.15, 0.2) is 0 Å². The van der Waals surface area contributed by atoms with Crippen LogP contribution in [0.25, 0.3) is 0 Å². The SMILES string of the molecule is CCOc1cccc(OCC(O)c2ccccc2OC)c1. The van der Waals surface area contributed by atoms with Gasteiger partial charge in [-0.25, -0.2) is 0 Å². The van der Waals surface area contributed by atoms with E-state index in [2.05, 4.69) is 0 Å². The van der Waals surface area contributed by atoms with Gasteiger partial charge >= 0.3 is 0 Å². The van der Waals surface area contributed by atoms with Crippen LogP contribution in [0.4, 0.5) is 0 Å². The lowest BCUT2D eigenvalue weighted by Gasteiger charge is -2.16. The minimum Gasteiger partial charge on any atom is -0.496 e. The molecule has 0 aliphatic rings. The Balaban J connectivity index is 2.00. The Bertz CT molecular complexity index is 568. The first-order valence-corrected chi connectivity index (χ1v) is 6.91. The highest BCUT2D eigenvalue weighted by atomic mass is 16.5. The van der Waals surface area contributed by atoms with Crippen molar-refractivity contribution in [1.82, 2.24) is 0 Å². The van der Waals surface area contributed by atoms with Crippen LogP contribution < -0.4 is 14.2 Å². The standard InChI is InChI=1S/C17H20O4/c1-3-20-13-7-6-8-14(11-13)21-12-16(18)15-9-4-5-10-17(15)19-2/h4-11,16,18H,3,12H2,1-2H3. The monoisotopic (exact) mass is 288 g/mol. The van der Waals surface area contributed by atoms with Crippen molar-refractivity contribution in [1.29, 1.82) is 0 Å². The molecular weight excluding hydrogens is 268 g/mol. The Morgan fingerprint density at radius 2 is 1.71 bits per heavy atom. The third-order valence-electron chi connectivity index (χ3n) is 3.02. The first kappa shape index (κ1) is 15.2. The largest absolute Gasteiger partial charge is 0.496 e. The van der Waals surface area contributed by atoms with Crippen LogP contribution in [-0.4, -0.2) is 25.4 Å². The van der Waals surface area contributed by atoms with Gasteiger partial charge in [-0.15, -0.1) is 0 Å². The lowest BCUT2D eigenvalue weighted by molar-refractivity contribution is 0.105. The van der Waals surface area contributed by atoms with Gasteiger partial charge in [-0.1, -0.05) is 24.3 Å². The molecule has 0 saturated carbocycles. The van der Waals surface area contributed by atoms with Crippen molar-refractivity contribution in [3.8, 4) is 17.2 Å². The molecule has 4 nitrogen and oxygen atoms in total. The molecule has 2 rings (SSSR count). The number of rotatable bonds is 7. The van der Waals surface area contributed by atoms with Crippen LogP contribution in [0.2, 0.25) is 0 Å². The summed E-state index contributed by atoms with van der Waals surface area (Å²) in [5, 5.41) is 10.2. The van der Waals surface area contributed by atoms with Crippen LogP contribution in [0.3, 0.4) is 0 Å². The Morgan fingerprint density at radius 1 is 1.00 bits per heavy atom. The van der Waals surface area contributed by atoms with Crippen LogP contribution in [0, 0.1) is 0 Å². The molecule has 1 N–H and O–H groups in total. The number of methoxy groups -OCH3 is 1. The number of aliphatic hydroxyl groups excluding tert-OH is 1. The van der Waals surface area contributed by atoms with Crippen LogP contribution in [0.1, 0.15) is 18.6 Å². The van der Waals surface area contributed by atoms with Gasteiger partial charge in [0.1, 0.15) is 30.0 Å². The summed E-state index contributed by atoms with van der Waals surface area (Å²) < 4.78 is 16.3. The smallest absolute Gasteiger partial charge is 0.124 e. The van der Waals surface area contributed by atoms with Crippen molar-refractivity contribution in [2.75, 3.05) is 20.3 Å². The van der Waals surface area contributed by atoms with Gasteiger partial charge in [0.25, 0.3) is 0 Å². The maximum absolute atomic E-state index is 10.2. The molecule has 0 fully saturated rings. The van der Waals surface area contributed by atoms with Gasteiger partial charge in [-0.2, -0.15) is 0 Å². The number of aliphatic hydroxyl groups is 1. The fraction of sp³-hybridized carbons (Fsp3) is 0.294. The highest BCUT2D eigenvalue weighted by molar-refractivity contribution is 5.36. The molecule has 1 atom stereocenters. The zero-order valence-corrected chi connectivity index (χ0v) is 12.3. The average Bonchev–Trinajstić information content (AvgIpc) is 2.53. The van der Waals surface area contributed by atoms with Gasteiger partial charge in [-0.05, 0) is 25.1 Å². The molecule has 0 amide bonds.